The van der Waals surface area contributed by atoms with E-state index >= 15 is 0 Å². The third kappa shape index (κ3) is 7.14. The number of nitrogens with zero attached hydrogens (tertiary/aromatic N) is 1. The number of benzene rings is 3. The molecule has 0 bridgehead atoms. The first-order chi connectivity index (χ1) is 21.3. The number of hydrogen-bond donors (Lipinski definition) is 2. The van der Waals surface area contributed by atoms with E-state index in [0.29, 0.717) is 25.3 Å². The van der Waals surface area contributed by atoms with Crippen LogP contribution in [0.3, 0.4) is 0 Å². The molecule has 0 spiro atoms. The second-order valence-corrected chi connectivity index (χ2v) is 12.5. The van der Waals surface area contributed by atoms with Gasteiger partial charge in [0.25, 0.3) is 5.91 Å². The average Bonchev–Trinajstić information content (AvgIpc) is 3.42. The Balaban J connectivity index is 1.30. The van der Waals surface area contributed by atoms with Crippen LogP contribution in [0.1, 0.15) is 29.0 Å². The topological polar surface area (TPSA) is 124 Å². The van der Waals surface area contributed by atoms with Gasteiger partial charge in [-0.1, -0.05) is 42.5 Å². The summed E-state index contributed by atoms with van der Waals surface area (Å²) >= 11 is 0. The van der Waals surface area contributed by atoms with Crippen molar-refractivity contribution in [2.45, 2.75) is 29.9 Å². The molecule has 2 aliphatic rings. The fourth-order valence-corrected chi connectivity index (χ4v) is 6.96. The number of nitrogens with one attached hydrogen (secondary N) is 1. The lowest BCUT2D eigenvalue weighted by Crippen LogP contribution is -2.38. The fraction of sp³-hybridized carbons (Fsp3) is 0.364. The Morgan fingerprint density at radius 1 is 1.00 bits per heavy atom. The first-order valence-electron chi connectivity index (χ1n) is 14.6. The van der Waals surface area contributed by atoms with Crippen molar-refractivity contribution in [3.63, 3.8) is 0 Å². The Morgan fingerprint density at radius 3 is 2.52 bits per heavy atom. The number of amides is 1. The van der Waals surface area contributed by atoms with Crippen LogP contribution in [0.2, 0.25) is 0 Å². The Labute approximate surface area is 258 Å². The molecule has 0 unspecified atom stereocenters. The molecule has 3 aromatic rings. The van der Waals surface area contributed by atoms with Gasteiger partial charge < -0.3 is 29.4 Å². The molecule has 3 aromatic carbocycles. The smallest absolute Gasteiger partial charge is 0.286 e. The van der Waals surface area contributed by atoms with Crippen LogP contribution in [0.5, 0.6) is 5.75 Å². The molecule has 1 amide bonds. The Morgan fingerprint density at radius 2 is 1.77 bits per heavy atom. The minimum absolute atomic E-state index is 0.00908. The summed E-state index contributed by atoms with van der Waals surface area (Å²) in [5.41, 5.74) is 6.02. The first kappa shape index (κ1) is 31.7. The summed E-state index contributed by atoms with van der Waals surface area (Å²) in [5, 5.41) is 12.4. The second-order valence-electron chi connectivity index (χ2n) is 10.6. The van der Waals surface area contributed by atoms with E-state index in [2.05, 4.69) is 35.6 Å². The van der Waals surface area contributed by atoms with Crippen molar-refractivity contribution in [3.05, 3.63) is 95.3 Å². The van der Waals surface area contributed by atoms with E-state index in [1.165, 1.54) is 45.8 Å². The second kappa shape index (κ2) is 14.4. The fourth-order valence-electron chi connectivity index (χ4n) is 5.55. The molecule has 0 aromatic heterocycles. The Kier molecular flexibility index (Phi) is 10.3. The van der Waals surface area contributed by atoms with E-state index in [0.717, 1.165) is 12.0 Å². The largest absolute Gasteiger partial charge is 0.497 e. The van der Waals surface area contributed by atoms with Gasteiger partial charge in [-0.05, 0) is 64.6 Å². The van der Waals surface area contributed by atoms with Crippen LogP contribution in [0.4, 0.5) is 0 Å². The lowest BCUT2D eigenvalue weighted by molar-refractivity contribution is -0.146. The number of rotatable bonds is 14. The van der Waals surface area contributed by atoms with E-state index in [1.54, 1.807) is 19.2 Å². The van der Waals surface area contributed by atoms with Gasteiger partial charge in [0.2, 0.25) is 16.3 Å². The first-order valence-corrected chi connectivity index (χ1v) is 16.0. The van der Waals surface area contributed by atoms with E-state index < -0.39 is 16.3 Å². The number of carbonyl (C=O) groups excluding carboxylic acids is 1. The van der Waals surface area contributed by atoms with Gasteiger partial charge in [-0.2, -0.15) is 4.31 Å². The van der Waals surface area contributed by atoms with Gasteiger partial charge in [-0.15, -0.1) is 0 Å². The third-order valence-corrected chi connectivity index (χ3v) is 9.72. The molecular formula is C33H38N2O8S. The minimum Gasteiger partial charge on any atom is -0.497 e. The summed E-state index contributed by atoms with van der Waals surface area (Å²) in [4.78, 5) is 13.1. The third-order valence-electron chi connectivity index (χ3n) is 7.81. The van der Waals surface area contributed by atoms with Crippen LogP contribution in [-0.2, 0) is 35.4 Å². The van der Waals surface area contributed by atoms with E-state index in [9.17, 15) is 18.3 Å². The average molecular weight is 623 g/mol. The molecule has 0 saturated carbocycles. The number of sulfonamides is 1. The maximum atomic E-state index is 13.3. The normalized spacial score (nSPS) is 17.4. The summed E-state index contributed by atoms with van der Waals surface area (Å²) in [6.07, 6.45) is 2.31. The highest BCUT2D eigenvalue weighted by molar-refractivity contribution is 7.89. The summed E-state index contributed by atoms with van der Waals surface area (Å²) in [6, 6.07) is 20.8. The molecule has 2 atom stereocenters. The number of hydrogen-bond acceptors (Lipinski definition) is 8. The van der Waals surface area contributed by atoms with Crippen molar-refractivity contribution < 1.29 is 37.3 Å². The number of allylic oxidation sites excluding steroid dienone is 1. The molecule has 234 valence electrons. The zero-order valence-electron chi connectivity index (χ0n) is 24.9. The van der Waals surface area contributed by atoms with E-state index in [-0.39, 0.29) is 48.8 Å². The standard InChI is InChI=1S/C33H38N2O8S/c1-40-17-13-34-33(37)31-21-25(23-7-12-30-26(19-23)20-24-5-3-4-6-29(24)30)22-32(43-31)42-18-15-35(14-16-36)44(38,39)28-10-8-27(41-2)9-11-28/h3-12,19,21,25,32,36H,13-18,20,22H2,1-2H3,(H,34,37)/t25-,32+/m1/s1. The molecular weight excluding hydrogens is 584 g/mol. The predicted molar refractivity (Wildman–Crippen MR) is 165 cm³/mol. The predicted octanol–water partition coefficient (Wildman–Crippen LogP) is 3.44. The number of ether oxygens (including phenoxy) is 4. The van der Waals surface area contributed by atoms with Crippen LogP contribution < -0.4 is 10.1 Å². The molecule has 2 N–H and O–H groups in total. The molecule has 10 nitrogen and oxygen atoms in total. The van der Waals surface area contributed by atoms with Crippen LogP contribution >= 0.6 is 0 Å². The Bertz CT molecular complexity index is 1590. The van der Waals surface area contributed by atoms with Gasteiger partial charge in [0.15, 0.2) is 5.76 Å². The van der Waals surface area contributed by atoms with Crippen LogP contribution in [0.25, 0.3) is 11.1 Å². The lowest BCUT2D eigenvalue weighted by Gasteiger charge is -2.30. The monoisotopic (exact) mass is 622 g/mol. The van der Waals surface area contributed by atoms with E-state index in [1.807, 2.05) is 18.2 Å². The maximum Gasteiger partial charge on any atom is 0.286 e. The molecule has 11 heteroatoms. The van der Waals surface area contributed by atoms with E-state index in [4.69, 9.17) is 18.9 Å². The number of aliphatic hydroxyl groups is 1. The molecule has 0 radical (unpaired) electrons. The highest BCUT2D eigenvalue weighted by Crippen LogP contribution is 2.40. The number of fused-ring (bicyclic) bond motifs is 3. The molecule has 44 heavy (non-hydrogen) atoms. The van der Waals surface area contributed by atoms with Gasteiger partial charge in [-0.3, -0.25) is 4.79 Å². The lowest BCUT2D eigenvalue weighted by atomic mass is 9.90. The van der Waals surface area contributed by atoms with Crippen LogP contribution in [0, 0.1) is 0 Å². The number of carbonyl (C=O) groups is 1. The van der Waals surface area contributed by atoms with Crippen LogP contribution in [0.15, 0.2) is 83.5 Å². The molecule has 0 saturated heterocycles. The van der Waals surface area contributed by atoms with Crippen molar-refractivity contribution in [1.82, 2.24) is 9.62 Å². The van der Waals surface area contributed by atoms with Gasteiger partial charge in [0, 0.05) is 39.1 Å². The molecule has 1 aliphatic heterocycles. The van der Waals surface area contributed by atoms with Gasteiger partial charge in [0.1, 0.15) is 5.75 Å². The summed E-state index contributed by atoms with van der Waals surface area (Å²) in [6.45, 7) is 0.199. The highest BCUT2D eigenvalue weighted by Gasteiger charge is 2.31. The van der Waals surface area contributed by atoms with Gasteiger partial charge in [-0.25, -0.2) is 8.42 Å². The molecule has 1 aliphatic carbocycles. The molecule has 1 heterocycles. The summed E-state index contributed by atoms with van der Waals surface area (Å²) in [5.74, 6) is 0.137. The number of aliphatic hydroxyl groups excluding tert-OH is 1. The maximum absolute atomic E-state index is 13.3. The zero-order chi connectivity index (χ0) is 31.1. The summed E-state index contributed by atoms with van der Waals surface area (Å²) in [7, 11) is -0.838. The van der Waals surface area contributed by atoms with Gasteiger partial charge >= 0.3 is 0 Å². The van der Waals surface area contributed by atoms with Crippen molar-refractivity contribution in [2.24, 2.45) is 0 Å². The van der Waals surface area contributed by atoms with Crippen molar-refractivity contribution in [2.75, 3.05) is 53.7 Å². The van der Waals surface area contributed by atoms with Crippen LogP contribution in [-0.4, -0.2) is 83.7 Å². The summed E-state index contributed by atoms with van der Waals surface area (Å²) < 4.78 is 50.0. The SMILES string of the molecule is COCCNC(=O)C1=C[C@@H](c2ccc3c(c2)Cc2ccccc2-3)C[C@@H](OCCN(CCO)S(=O)(=O)c2ccc(OC)cc2)O1. The molecule has 5 rings (SSSR count). The van der Waals surface area contributed by atoms with Gasteiger partial charge in [0.05, 0.1) is 31.8 Å². The zero-order valence-corrected chi connectivity index (χ0v) is 25.7. The van der Waals surface area contributed by atoms with Crippen molar-refractivity contribution in [1.29, 1.82) is 0 Å². The minimum atomic E-state index is -3.90. The quantitative estimate of drug-likeness (QED) is 0.205. The Hall–Kier alpha value is -3.74. The van der Waals surface area contributed by atoms with Crippen molar-refractivity contribution in [3.8, 4) is 16.9 Å². The highest BCUT2D eigenvalue weighted by atomic mass is 32.2. The molecule has 0 fully saturated rings. The van der Waals surface area contributed by atoms with Crippen molar-refractivity contribution >= 4 is 15.9 Å². The number of methoxy groups -OCH3 is 2.